The van der Waals surface area contributed by atoms with Crippen LogP contribution < -0.4 is 5.32 Å². The molecule has 20 heavy (non-hydrogen) atoms. The van der Waals surface area contributed by atoms with Crippen molar-refractivity contribution in [3.63, 3.8) is 0 Å². The maximum Gasteiger partial charge on any atom is 0.317 e. The molecule has 0 aromatic heterocycles. The van der Waals surface area contributed by atoms with Crippen LogP contribution in [0.15, 0.2) is 0 Å². The minimum Gasteiger partial charge on any atom is -0.469 e. The number of urea groups is 1. The highest BCUT2D eigenvalue weighted by Gasteiger charge is 2.28. The largest absolute Gasteiger partial charge is 0.469 e. The van der Waals surface area contributed by atoms with E-state index in [0.717, 1.165) is 51.6 Å². The first kappa shape index (κ1) is 15.1. The Bertz CT molecular complexity index is 330. The van der Waals surface area contributed by atoms with E-state index < -0.39 is 0 Å². The lowest BCUT2D eigenvalue weighted by Crippen LogP contribution is -2.46. The summed E-state index contributed by atoms with van der Waals surface area (Å²) >= 11 is 0. The van der Waals surface area contributed by atoms with Crippen LogP contribution in [0, 0.1) is 5.92 Å². The number of esters is 1. The molecule has 0 spiro atoms. The Hall–Kier alpha value is -1.26. The maximum atomic E-state index is 12.2. The van der Waals surface area contributed by atoms with Crippen LogP contribution in [0.5, 0.6) is 0 Å². The zero-order valence-electron chi connectivity index (χ0n) is 12.4. The Labute approximate surface area is 121 Å². The molecule has 1 aliphatic carbocycles. The van der Waals surface area contributed by atoms with E-state index in [4.69, 9.17) is 4.74 Å². The smallest absolute Gasteiger partial charge is 0.317 e. The van der Waals surface area contributed by atoms with Crippen LogP contribution in [0.4, 0.5) is 4.79 Å². The van der Waals surface area contributed by atoms with Crippen molar-refractivity contribution in [2.24, 2.45) is 5.92 Å². The second-order valence-corrected chi connectivity index (χ2v) is 5.92. The average Bonchev–Trinajstić information content (AvgIpc) is 2.76. The number of methoxy groups -OCH3 is 1. The molecule has 2 fully saturated rings. The molecule has 2 aliphatic rings. The molecule has 5 heteroatoms. The van der Waals surface area contributed by atoms with Crippen molar-refractivity contribution < 1.29 is 14.3 Å². The average molecular weight is 282 g/mol. The third kappa shape index (κ3) is 4.12. The van der Waals surface area contributed by atoms with Crippen LogP contribution >= 0.6 is 0 Å². The third-order valence-corrected chi connectivity index (χ3v) is 4.48. The van der Waals surface area contributed by atoms with Gasteiger partial charge in [-0.25, -0.2) is 4.79 Å². The van der Waals surface area contributed by atoms with Crippen molar-refractivity contribution in [2.45, 2.75) is 57.4 Å². The number of hydrogen-bond donors (Lipinski definition) is 1. The van der Waals surface area contributed by atoms with Gasteiger partial charge in [0.2, 0.25) is 0 Å². The molecule has 2 rings (SSSR count). The van der Waals surface area contributed by atoms with Crippen LogP contribution in [0.1, 0.15) is 51.4 Å². The van der Waals surface area contributed by atoms with Crippen molar-refractivity contribution in [1.82, 2.24) is 10.2 Å². The molecule has 0 radical (unpaired) electrons. The van der Waals surface area contributed by atoms with Gasteiger partial charge in [-0.3, -0.25) is 4.79 Å². The molecular formula is C15H26N2O3. The minimum absolute atomic E-state index is 0.0198. The first-order chi connectivity index (χ1) is 9.70. The Balaban J connectivity index is 1.74. The Morgan fingerprint density at radius 2 is 1.60 bits per heavy atom. The van der Waals surface area contributed by atoms with Crippen molar-refractivity contribution in [3.05, 3.63) is 0 Å². The topological polar surface area (TPSA) is 58.6 Å². The second kappa shape index (κ2) is 7.50. The van der Waals surface area contributed by atoms with E-state index >= 15 is 0 Å². The molecule has 1 saturated carbocycles. The molecule has 1 N–H and O–H groups in total. The van der Waals surface area contributed by atoms with Gasteiger partial charge in [-0.2, -0.15) is 0 Å². The van der Waals surface area contributed by atoms with E-state index in [1.807, 2.05) is 4.90 Å². The highest BCUT2D eigenvalue weighted by atomic mass is 16.5. The van der Waals surface area contributed by atoms with E-state index in [1.165, 1.54) is 20.0 Å². The van der Waals surface area contributed by atoms with Gasteiger partial charge >= 0.3 is 12.0 Å². The van der Waals surface area contributed by atoms with Gasteiger partial charge < -0.3 is 15.0 Å². The number of hydrogen-bond acceptors (Lipinski definition) is 3. The monoisotopic (exact) mass is 282 g/mol. The normalized spacial score (nSPS) is 27.6. The summed E-state index contributed by atoms with van der Waals surface area (Å²) < 4.78 is 4.78. The molecule has 1 aliphatic heterocycles. The Morgan fingerprint density at radius 1 is 1.00 bits per heavy atom. The van der Waals surface area contributed by atoms with Crippen LogP contribution in [-0.4, -0.2) is 43.1 Å². The van der Waals surface area contributed by atoms with Gasteiger partial charge in [0, 0.05) is 19.1 Å². The lowest BCUT2D eigenvalue weighted by Gasteiger charge is -2.30. The van der Waals surface area contributed by atoms with E-state index in [9.17, 15) is 9.59 Å². The summed E-state index contributed by atoms with van der Waals surface area (Å²) in [6.07, 6.45) is 8.07. The molecule has 0 aromatic carbocycles. The molecule has 114 valence electrons. The minimum atomic E-state index is -0.109. The van der Waals surface area contributed by atoms with Crippen LogP contribution in [0.25, 0.3) is 0 Å². The predicted molar refractivity (Wildman–Crippen MR) is 76.3 cm³/mol. The Morgan fingerprint density at radius 3 is 2.15 bits per heavy atom. The molecule has 0 atom stereocenters. The summed E-state index contributed by atoms with van der Waals surface area (Å²) in [6, 6.07) is 0.292. The van der Waals surface area contributed by atoms with Gasteiger partial charge in [-0.15, -0.1) is 0 Å². The summed E-state index contributed by atoms with van der Waals surface area (Å²) in [5.74, 6) is -0.0892. The molecular weight excluding hydrogens is 256 g/mol. The quantitative estimate of drug-likeness (QED) is 0.791. The number of nitrogens with zero attached hydrogens (tertiary/aromatic N) is 1. The van der Waals surface area contributed by atoms with Gasteiger partial charge in [0.15, 0.2) is 0 Å². The van der Waals surface area contributed by atoms with Gasteiger partial charge in [0.1, 0.15) is 0 Å². The molecule has 5 nitrogen and oxygen atoms in total. The number of ether oxygens (including phenoxy) is 1. The van der Waals surface area contributed by atoms with E-state index in [-0.39, 0.29) is 24.0 Å². The molecule has 0 aromatic rings. The summed E-state index contributed by atoms with van der Waals surface area (Å²) in [5.41, 5.74) is 0. The number of nitrogens with one attached hydrogen (secondary N) is 1. The zero-order valence-corrected chi connectivity index (χ0v) is 12.4. The van der Waals surface area contributed by atoms with Crippen molar-refractivity contribution >= 4 is 12.0 Å². The van der Waals surface area contributed by atoms with E-state index in [1.54, 1.807) is 0 Å². The standard InChI is InChI=1S/C15H26N2O3/c1-20-14(18)12-6-8-13(9-7-12)16-15(19)17-10-4-2-3-5-11-17/h12-13H,2-11H2,1H3,(H,16,19). The summed E-state index contributed by atoms with van der Waals surface area (Å²) in [5, 5.41) is 3.13. The molecule has 2 amide bonds. The number of carbonyl (C=O) groups is 2. The summed E-state index contributed by atoms with van der Waals surface area (Å²) in [4.78, 5) is 25.6. The first-order valence-electron chi connectivity index (χ1n) is 7.84. The summed E-state index contributed by atoms with van der Waals surface area (Å²) in [7, 11) is 1.44. The number of rotatable bonds is 2. The fourth-order valence-corrected chi connectivity index (χ4v) is 3.18. The van der Waals surface area contributed by atoms with Crippen molar-refractivity contribution in [1.29, 1.82) is 0 Å². The fraction of sp³-hybridized carbons (Fsp3) is 0.867. The highest BCUT2D eigenvalue weighted by Crippen LogP contribution is 2.25. The second-order valence-electron chi connectivity index (χ2n) is 5.92. The molecule has 1 heterocycles. The third-order valence-electron chi connectivity index (χ3n) is 4.48. The van der Waals surface area contributed by atoms with E-state index in [2.05, 4.69) is 5.32 Å². The first-order valence-corrected chi connectivity index (χ1v) is 7.84. The van der Waals surface area contributed by atoms with Crippen molar-refractivity contribution in [3.8, 4) is 0 Å². The van der Waals surface area contributed by atoms with Gasteiger partial charge in [-0.1, -0.05) is 12.8 Å². The number of carbonyl (C=O) groups excluding carboxylic acids is 2. The number of likely N-dealkylation sites (tertiary alicyclic amines) is 1. The Kier molecular flexibility index (Phi) is 5.68. The van der Waals surface area contributed by atoms with E-state index in [0.29, 0.717) is 0 Å². The highest BCUT2D eigenvalue weighted by molar-refractivity contribution is 5.75. The summed E-state index contributed by atoms with van der Waals surface area (Å²) in [6.45, 7) is 1.76. The molecule has 0 unspecified atom stereocenters. The van der Waals surface area contributed by atoms with Crippen LogP contribution in [-0.2, 0) is 9.53 Å². The zero-order chi connectivity index (χ0) is 14.4. The lowest BCUT2D eigenvalue weighted by molar-refractivity contribution is -0.146. The maximum absolute atomic E-state index is 12.2. The SMILES string of the molecule is COC(=O)C1CCC(NC(=O)N2CCCCCC2)CC1. The molecule has 0 bridgehead atoms. The van der Waals surface area contributed by atoms with Crippen LogP contribution in [0.2, 0.25) is 0 Å². The lowest BCUT2D eigenvalue weighted by atomic mass is 9.86. The predicted octanol–water partition coefficient (Wildman–Crippen LogP) is 2.30. The van der Waals surface area contributed by atoms with Gasteiger partial charge in [0.05, 0.1) is 13.0 Å². The van der Waals surface area contributed by atoms with Crippen LogP contribution in [0.3, 0.4) is 0 Å². The van der Waals surface area contributed by atoms with Gasteiger partial charge in [0.25, 0.3) is 0 Å². The van der Waals surface area contributed by atoms with Gasteiger partial charge in [-0.05, 0) is 38.5 Å². The fourth-order valence-electron chi connectivity index (χ4n) is 3.18. The van der Waals surface area contributed by atoms with Crippen molar-refractivity contribution in [2.75, 3.05) is 20.2 Å². The molecule has 1 saturated heterocycles. The number of amides is 2.